The van der Waals surface area contributed by atoms with Crippen molar-refractivity contribution < 1.29 is 4.74 Å². The van der Waals surface area contributed by atoms with Crippen molar-refractivity contribution in [1.29, 1.82) is 0 Å². The standard InChI is InChI=1S/C12H22N4OS/c1-5-12(6-2,18-4)7-14-11-9(17-3)10(13)15-8-16-11/h8H,5-7H2,1-4H3,(H3,13,14,15,16). The number of thioether (sulfide) groups is 1. The molecular formula is C12H22N4OS. The maximum Gasteiger partial charge on any atom is 0.203 e. The fraction of sp³-hybridized carbons (Fsp3) is 0.667. The predicted molar refractivity (Wildman–Crippen MR) is 78.3 cm³/mol. The van der Waals surface area contributed by atoms with Crippen LogP contribution in [-0.2, 0) is 0 Å². The van der Waals surface area contributed by atoms with Crippen molar-refractivity contribution in [2.24, 2.45) is 0 Å². The molecule has 1 heterocycles. The summed E-state index contributed by atoms with van der Waals surface area (Å²) < 4.78 is 5.44. The van der Waals surface area contributed by atoms with E-state index in [0.717, 1.165) is 19.4 Å². The van der Waals surface area contributed by atoms with E-state index >= 15 is 0 Å². The topological polar surface area (TPSA) is 73.1 Å². The Morgan fingerprint density at radius 2 is 2.06 bits per heavy atom. The van der Waals surface area contributed by atoms with E-state index in [1.165, 1.54) is 6.33 Å². The summed E-state index contributed by atoms with van der Waals surface area (Å²) in [6.45, 7) is 5.23. The van der Waals surface area contributed by atoms with Gasteiger partial charge >= 0.3 is 0 Å². The van der Waals surface area contributed by atoms with Gasteiger partial charge in [-0.1, -0.05) is 13.8 Å². The van der Waals surface area contributed by atoms with Gasteiger partial charge < -0.3 is 15.8 Å². The molecule has 3 N–H and O–H groups in total. The molecule has 0 aliphatic heterocycles. The predicted octanol–water partition coefficient (Wildman–Crippen LogP) is 2.40. The van der Waals surface area contributed by atoms with Crippen molar-refractivity contribution >= 4 is 23.4 Å². The SMILES string of the molecule is CCC(CC)(CNc1ncnc(N)c1OC)SC. The van der Waals surface area contributed by atoms with Crippen LogP contribution in [0.4, 0.5) is 11.6 Å². The molecule has 0 saturated carbocycles. The number of nitrogens with zero attached hydrogens (tertiary/aromatic N) is 2. The Kier molecular flexibility index (Phi) is 5.53. The minimum Gasteiger partial charge on any atom is -0.490 e. The van der Waals surface area contributed by atoms with Crippen LogP contribution in [0.15, 0.2) is 6.33 Å². The largest absolute Gasteiger partial charge is 0.490 e. The molecule has 0 bridgehead atoms. The zero-order valence-electron chi connectivity index (χ0n) is 11.5. The van der Waals surface area contributed by atoms with Crippen LogP contribution in [0, 0.1) is 0 Å². The number of aromatic nitrogens is 2. The van der Waals surface area contributed by atoms with Gasteiger partial charge in [0, 0.05) is 11.3 Å². The summed E-state index contributed by atoms with van der Waals surface area (Å²) in [5.74, 6) is 1.53. The van der Waals surface area contributed by atoms with Crippen LogP contribution >= 0.6 is 11.8 Å². The Hall–Kier alpha value is -1.17. The van der Waals surface area contributed by atoms with Gasteiger partial charge in [-0.05, 0) is 19.1 Å². The molecule has 6 heteroatoms. The molecule has 0 aliphatic rings. The van der Waals surface area contributed by atoms with Gasteiger partial charge in [-0.25, -0.2) is 9.97 Å². The van der Waals surface area contributed by atoms with Gasteiger partial charge in [-0.2, -0.15) is 11.8 Å². The number of ether oxygens (including phenoxy) is 1. The lowest BCUT2D eigenvalue weighted by molar-refractivity contribution is 0.415. The van der Waals surface area contributed by atoms with E-state index < -0.39 is 0 Å². The van der Waals surface area contributed by atoms with E-state index in [1.54, 1.807) is 7.11 Å². The van der Waals surface area contributed by atoms with Crippen molar-refractivity contribution in [2.45, 2.75) is 31.4 Å². The highest BCUT2D eigenvalue weighted by molar-refractivity contribution is 8.00. The normalized spacial score (nSPS) is 11.3. The second-order valence-electron chi connectivity index (χ2n) is 4.09. The van der Waals surface area contributed by atoms with Crippen LogP contribution < -0.4 is 15.8 Å². The molecule has 0 spiro atoms. The maximum atomic E-state index is 5.75. The summed E-state index contributed by atoms with van der Waals surface area (Å²) in [6.07, 6.45) is 5.78. The zero-order chi connectivity index (χ0) is 13.6. The molecular weight excluding hydrogens is 248 g/mol. The lowest BCUT2D eigenvalue weighted by Gasteiger charge is -2.30. The summed E-state index contributed by atoms with van der Waals surface area (Å²) in [5, 5.41) is 3.32. The molecule has 1 rings (SSSR count). The number of anilines is 2. The number of rotatable bonds is 7. The third-order valence-corrected chi connectivity index (χ3v) is 4.92. The van der Waals surface area contributed by atoms with Crippen molar-refractivity contribution in [3.8, 4) is 5.75 Å². The van der Waals surface area contributed by atoms with E-state index in [2.05, 4.69) is 35.4 Å². The number of hydrogen-bond acceptors (Lipinski definition) is 6. The van der Waals surface area contributed by atoms with Gasteiger partial charge in [-0.3, -0.25) is 0 Å². The number of nitrogens with one attached hydrogen (secondary N) is 1. The summed E-state index contributed by atoms with van der Waals surface area (Å²) in [4.78, 5) is 8.09. The van der Waals surface area contributed by atoms with Gasteiger partial charge in [-0.15, -0.1) is 0 Å². The Bertz CT molecular complexity index is 374. The molecule has 0 amide bonds. The number of methoxy groups -OCH3 is 1. The first kappa shape index (κ1) is 14.9. The molecule has 0 aromatic carbocycles. The smallest absolute Gasteiger partial charge is 0.203 e. The number of hydrogen-bond donors (Lipinski definition) is 2. The van der Waals surface area contributed by atoms with Crippen LogP contribution in [-0.4, -0.2) is 34.6 Å². The summed E-state index contributed by atoms with van der Waals surface area (Å²) in [5.41, 5.74) is 5.75. The average molecular weight is 270 g/mol. The lowest BCUT2D eigenvalue weighted by Crippen LogP contribution is -2.32. The second kappa shape index (κ2) is 6.68. The lowest BCUT2D eigenvalue weighted by atomic mass is 10.0. The van der Waals surface area contributed by atoms with Crippen molar-refractivity contribution in [2.75, 3.05) is 31.0 Å². The molecule has 0 saturated heterocycles. The number of nitrogen functional groups attached to an aromatic ring is 1. The Morgan fingerprint density at radius 1 is 1.39 bits per heavy atom. The first-order valence-corrected chi connectivity index (χ1v) is 7.28. The van der Waals surface area contributed by atoms with Gasteiger partial charge in [0.1, 0.15) is 6.33 Å². The molecule has 0 unspecified atom stereocenters. The number of nitrogens with two attached hydrogens (primary N) is 1. The quantitative estimate of drug-likeness (QED) is 0.792. The van der Waals surface area contributed by atoms with E-state index in [0.29, 0.717) is 17.4 Å². The van der Waals surface area contributed by atoms with Crippen LogP contribution in [0.1, 0.15) is 26.7 Å². The molecule has 0 atom stereocenters. The summed E-state index contributed by atoms with van der Waals surface area (Å²) >= 11 is 1.88. The third-order valence-electron chi connectivity index (χ3n) is 3.34. The fourth-order valence-electron chi connectivity index (χ4n) is 1.82. The fourth-order valence-corrected chi connectivity index (χ4v) is 2.61. The molecule has 1 aromatic heterocycles. The minimum atomic E-state index is 0.213. The van der Waals surface area contributed by atoms with Crippen molar-refractivity contribution in [3.05, 3.63) is 6.33 Å². The van der Waals surface area contributed by atoms with Crippen LogP contribution in [0.3, 0.4) is 0 Å². The molecule has 0 radical (unpaired) electrons. The third kappa shape index (κ3) is 3.19. The highest BCUT2D eigenvalue weighted by Crippen LogP contribution is 2.32. The highest BCUT2D eigenvalue weighted by Gasteiger charge is 2.25. The molecule has 5 nitrogen and oxygen atoms in total. The molecule has 1 aromatic rings. The van der Waals surface area contributed by atoms with Gasteiger partial charge in [0.25, 0.3) is 0 Å². The van der Waals surface area contributed by atoms with Crippen LogP contribution in [0.5, 0.6) is 5.75 Å². The Balaban J connectivity index is 2.82. The van der Waals surface area contributed by atoms with Crippen molar-refractivity contribution in [1.82, 2.24) is 9.97 Å². The minimum absolute atomic E-state index is 0.213. The monoisotopic (exact) mass is 270 g/mol. The highest BCUT2D eigenvalue weighted by atomic mass is 32.2. The van der Waals surface area contributed by atoms with Gasteiger partial charge in [0.2, 0.25) is 5.75 Å². The molecule has 102 valence electrons. The average Bonchev–Trinajstić information content (AvgIpc) is 2.41. The van der Waals surface area contributed by atoms with E-state index in [1.807, 2.05) is 11.8 Å². The molecule has 0 aliphatic carbocycles. The van der Waals surface area contributed by atoms with Crippen molar-refractivity contribution in [3.63, 3.8) is 0 Å². The van der Waals surface area contributed by atoms with Crippen LogP contribution in [0.25, 0.3) is 0 Å². The second-order valence-corrected chi connectivity index (χ2v) is 5.36. The zero-order valence-corrected chi connectivity index (χ0v) is 12.3. The summed E-state index contributed by atoms with van der Waals surface area (Å²) in [6, 6.07) is 0. The Morgan fingerprint density at radius 3 is 2.56 bits per heavy atom. The Labute approximate surface area is 113 Å². The first-order valence-electron chi connectivity index (χ1n) is 6.06. The van der Waals surface area contributed by atoms with E-state index in [4.69, 9.17) is 10.5 Å². The molecule has 0 fully saturated rings. The first-order chi connectivity index (χ1) is 8.62. The van der Waals surface area contributed by atoms with E-state index in [9.17, 15) is 0 Å². The molecule has 18 heavy (non-hydrogen) atoms. The van der Waals surface area contributed by atoms with Gasteiger partial charge in [0.05, 0.1) is 7.11 Å². The maximum absolute atomic E-state index is 5.75. The van der Waals surface area contributed by atoms with E-state index in [-0.39, 0.29) is 4.75 Å². The summed E-state index contributed by atoms with van der Waals surface area (Å²) in [7, 11) is 1.57. The van der Waals surface area contributed by atoms with Crippen LogP contribution in [0.2, 0.25) is 0 Å². The van der Waals surface area contributed by atoms with Gasteiger partial charge in [0.15, 0.2) is 11.6 Å².